The maximum absolute atomic E-state index is 5.81. The van der Waals surface area contributed by atoms with E-state index in [0.717, 1.165) is 26.2 Å². The van der Waals surface area contributed by atoms with Crippen molar-refractivity contribution in [2.45, 2.75) is 33.7 Å². The molecule has 98 valence electrons. The van der Waals surface area contributed by atoms with Gasteiger partial charge in [-0.3, -0.25) is 9.58 Å². The van der Waals surface area contributed by atoms with E-state index in [4.69, 9.17) is 5.73 Å². The van der Waals surface area contributed by atoms with E-state index in [9.17, 15) is 0 Å². The number of nitrogens with two attached hydrogens (primary N) is 1. The van der Waals surface area contributed by atoms with Crippen molar-refractivity contribution in [3.05, 3.63) is 18.0 Å². The Labute approximate surface area is 105 Å². The predicted octanol–water partition coefficient (Wildman–Crippen LogP) is 1.62. The van der Waals surface area contributed by atoms with Gasteiger partial charge in [-0.15, -0.1) is 0 Å². The summed E-state index contributed by atoms with van der Waals surface area (Å²) in [6.45, 7) is 10.5. The summed E-state index contributed by atoms with van der Waals surface area (Å²) in [4.78, 5) is 2.46. The van der Waals surface area contributed by atoms with Gasteiger partial charge in [0, 0.05) is 26.3 Å². The van der Waals surface area contributed by atoms with Crippen LogP contribution in [0.5, 0.6) is 0 Å². The Kier molecular flexibility index (Phi) is 5.15. The van der Waals surface area contributed by atoms with Gasteiger partial charge in [0.2, 0.25) is 0 Å². The molecule has 1 aromatic rings. The quantitative estimate of drug-likeness (QED) is 0.785. The van der Waals surface area contributed by atoms with Gasteiger partial charge in [0.1, 0.15) is 0 Å². The van der Waals surface area contributed by atoms with Crippen molar-refractivity contribution in [3.8, 4) is 0 Å². The molecule has 0 amide bonds. The highest BCUT2D eigenvalue weighted by molar-refractivity contribution is 4.99. The first kappa shape index (κ1) is 14.2. The van der Waals surface area contributed by atoms with E-state index in [1.54, 1.807) is 0 Å². The van der Waals surface area contributed by atoms with E-state index in [1.807, 2.05) is 17.9 Å². The normalized spacial score (nSPS) is 12.4. The largest absolute Gasteiger partial charge is 0.330 e. The minimum absolute atomic E-state index is 0.174. The summed E-state index contributed by atoms with van der Waals surface area (Å²) in [5.41, 5.74) is 7.24. The van der Waals surface area contributed by atoms with Crippen LogP contribution >= 0.6 is 0 Å². The van der Waals surface area contributed by atoms with Crippen LogP contribution in [-0.2, 0) is 13.6 Å². The average molecular weight is 238 g/mol. The molecule has 1 aromatic heterocycles. The molecule has 4 nitrogen and oxygen atoms in total. The molecule has 2 N–H and O–H groups in total. The first-order chi connectivity index (χ1) is 7.98. The number of aryl methyl sites for hydroxylation is 1. The van der Waals surface area contributed by atoms with Crippen LogP contribution < -0.4 is 5.73 Å². The molecule has 1 rings (SSSR count). The Morgan fingerprint density at radius 3 is 2.65 bits per heavy atom. The smallest absolute Gasteiger partial charge is 0.0521 e. The van der Waals surface area contributed by atoms with E-state index in [0.29, 0.717) is 0 Å². The van der Waals surface area contributed by atoms with Gasteiger partial charge >= 0.3 is 0 Å². The summed E-state index contributed by atoms with van der Waals surface area (Å²) in [7, 11) is 1.99. The summed E-state index contributed by atoms with van der Waals surface area (Å²) in [6.07, 6.45) is 3.02. The van der Waals surface area contributed by atoms with Gasteiger partial charge < -0.3 is 5.73 Å². The molecule has 0 fully saturated rings. The lowest BCUT2D eigenvalue weighted by Gasteiger charge is -2.31. The standard InChI is InChI=1S/C13H26N4/c1-5-8-17(11-13(2,3)10-14)9-12-6-7-15-16(12)4/h6-7H,5,8-11,14H2,1-4H3. The Morgan fingerprint density at radius 1 is 1.47 bits per heavy atom. The third-order valence-corrected chi connectivity index (χ3v) is 3.05. The van der Waals surface area contributed by atoms with Gasteiger partial charge in [0.05, 0.1) is 5.69 Å². The summed E-state index contributed by atoms with van der Waals surface area (Å²) >= 11 is 0. The zero-order valence-electron chi connectivity index (χ0n) is 11.6. The fourth-order valence-corrected chi connectivity index (χ4v) is 1.99. The molecule has 17 heavy (non-hydrogen) atoms. The second-order valence-corrected chi connectivity index (χ2v) is 5.53. The molecule has 0 unspecified atom stereocenters. The lowest BCUT2D eigenvalue weighted by Crippen LogP contribution is -2.39. The number of hydrogen-bond acceptors (Lipinski definition) is 3. The van der Waals surface area contributed by atoms with Gasteiger partial charge in [0.25, 0.3) is 0 Å². The van der Waals surface area contributed by atoms with Gasteiger partial charge in [-0.05, 0) is 31.0 Å². The second kappa shape index (κ2) is 6.17. The fourth-order valence-electron chi connectivity index (χ4n) is 1.99. The Bertz CT molecular complexity index is 330. The van der Waals surface area contributed by atoms with Crippen LogP contribution in [0, 0.1) is 5.41 Å². The lowest BCUT2D eigenvalue weighted by molar-refractivity contribution is 0.172. The van der Waals surface area contributed by atoms with E-state index >= 15 is 0 Å². The van der Waals surface area contributed by atoms with E-state index in [-0.39, 0.29) is 5.41 Å². The summed E-state index contributed by atoms with van der Waals surface area (Å²) < 4.78 is 1.94. The molecule has 0 aliphatic rings. The zero-order chi connectivity index (χ0) is 12.9. The van der Waals surface area contributed by atoms with Gasteiger partial charge in [-0.2, -0.15) is 5.10 Å². The molecule has 4 heteroatoms. The Hall–Kier alpha value is -0.870. The monoisotopic (exact) mass is 238 g/mol. The van der Waals surface area contributed by atoms with Crippen LogP contribution in [-0.4, -0.2) is 34.3 Å². The number of rotatable bonds is 7. The summed E-state index contributed by atoms with van der Waals surface area (Å²) in [5, 5.41) is 4.21. The molecule has 0 radical (unpaired) electrons. The van der Waals surface area contributed by atoms with Crippen LogP contribution in [0.1, 0.15) is 32.9 Å². The topological polar surface area (TPSA) is 47.1 Å². The molecule has 0 spiro atoms. The van der Waals surface area contributed by atoms with Crippen molar-refractivity contribution in [1.29, 1.82) is 0 Å². The number of nitrogens with zero attached hydrogens (tertiary/aromatic N) is 3. The van der Waals surface area contributed by atoms with Crippen LogP contribution in [0.3, 0.4) is 0 Å². The van der Waals surface area contributed by atoms with Crippen molar-refractivity contribution in [3.63, 3.8) is 0 Å². The molecule has 1 heterocycles. The highest BCUT2D eigenvalue weighted by Crippen LogP contribution is 2.17. The first-order valence-electron chi connectivity index (χ1n) is 6.38. The third kappa shape index (κ3) is 4.48. The molecule has 0 atom stereocenters. The van der Waals surface area contributed by atoms with Crippen LogP contribution in [0.2, 0.25) is 0 Å². The maximum Gasteiger partial charge on any atom is 0.0521 e. The Balaban J connectivity index is 2.63. The molecule has 0 bridgehead atoms. The third-order valence-electron chi connectivity index (χ3n) is 3.05. The van der Waals surface area contributed by atoms with Crippen molar-refractivity contribution in [2.75, 3.05) is 19.6 Å². The van der Waals surface area contributed by atoms with E-state index in [1.165, 1.54) is 12.1 Å². The van der Waals surface area contributed by atoms with Gasteiger partial charge in [0.15, 0.2) is 0 Å². The molecule has 0 saturated carbocycles. The summed E-state index contributed by atoms with van der Waals surface area (Å²) in [5.74, 6) is 0. The minimum Gasteiger partial charge on any atom is -0.330 e. The molecular formula is C13H26N4. The average Bonchev–Trinajstić information content (AvgIpc) is 2.64. The fraction of sp³-hybridized carbons (Fsp3) is 0.769. The first-order valence-corrected chi connectivity index (χ1v) is 6.38. The van der Waals surface area contributed by atoms with Crippen LogP contribution in [0.25, 0.3) is 0 Å². The van der Waals surface area contributed by atoms with Crippen molar-refractivity contribution in [2.24, 2.45) is 18.2 Å². The minimum atomic E-state index is 0.174. The SMILES string of the molecule is CCCN(Cc1ccnn1C)CC(C)(C)CN. The van der Waals surface area contributed by atoms with Gasteiger partial charge in [-0.25, -0.2) is 0 Å². The molecular weight excluding hydrogens is 212 g/mol. The number of aromatic nitrogens is 2. The molecule has 0 aliphatic carbocycles. The van der Waals surface area contributed by atoms with Gasteiger partial charge in [-0.1, -0.05) is 20.8 Å². The summed E-state index contributed by atoms with van der Waals surface area (Å²) in [6, 6.07) is 2.08. The molecule has 0 aromatic carbocycles. The van der Waals surface area contributed by atoms with Crippen molar-refractivity contribution in [1.82, 2.24) is 14.7 Å². The Morgan fingerprint density at radius 2 is 2.18 bits per heavy atom. The van der Waals surface area contributed by atoms with Crippen molar-refractivity contribution >= 4 is 0 Å². The molecule has 0 saturated heterocycles. The zero-order valence-corrected chi connectivity index (χ0v) is 11.6. The maximum atomic E-state index is 5.81. The second-order valence-electron chi connectivity index (χ2n) is 5.53. The predicted molar refractivity (Wildman–Crippen MR) is 71.6 cm³/mol. The van der Waals surface area contributed by atoms with Crippen LogP contribution in [0.15, 0.2) is 12.3 Å². The molecule has 0 aliphatic heterocycles. The van der Waals surface area contributed by atoms with E-state index in [2.05, 4.69) is 36.8 Å². The van der Waals surface area contributed by atoms with Crippen LogP contribution in [0.4, 0.5) is 0 Å². The highest BCUT2D eigenvalue weighted by atomic mass is 15.3. The van der Waals surface area contributed by atoms with Crippen molar-refractivity contribution < 1.29 is 0 Å². The lowest BCUT2D eigenvalue weighted by atomic mass is 9.93. The van der Waals surface area contributed by atoms with E-state index < -0.39 is 0 Å². The highest BCUT2D eigenvalue weighted by Gasteiger charge is 2.20. The number of hydrogen-bond donors (Lipinski definition) is 1.